The van der Waals surface area contributed by atoms with Gasteiger partial charge >= 0.3 is 0 Å². The monoisotopic (exact) mass is 180 g/mol. The molecule has 1 rings (SSSR count). The largest absolute Gasteiger partial charge is 0.314 e. The van der Waals surface area contributed by atoms with Gasteiger partial charge in [-0.2, -0.15) is 5.26 Å². The first kappa shape index (κ1) is 10.5. The van der Waals surface area contributed by atoms with Crippen LogP contribution in [-0.2, 0) is 0 Å². The highest BCUT2D eigenvalue weighted by Gasteiger charge is 2.20. The number of nitrogens with zero attached hydrogens (tertiary/aromatic N) is 1. The van der Waals surface area contributed by atoms with Crippen LogP contribution in [0.4, 0.5) is 0 Å². The van der Waals surface area contributed by atoms with E-state index in [4.69, 9.17) is 5.26 Å². The summed E-state index contributed by atoms with van der Waals surface area (Å²) in [5.41, 5.74) is 0. The lowest BCUT2D eigenvalue weighted by Crippen LogP contribution is -2.32. The van der Waals surface area contributed by atoms with E-state index in [1.54, 1.807) is 0 Å². The molecular weight excluding hydrogens is 160 g/mol. The van der Waals surface area contributed by atoms with Crippen molar-refractivity contribution in [3.63, 3.8) is 0 Å². The summed E-state index contributed by atoms with van der Waals surface area (Å²) in [6.07, 6.45) is 7.29. The number of nitrogens with one attached hydrogen (secondary N) is 1. The molecule has 0 spiro atoms. The minimum Gasteiger partial charge on any atom is -0.314 e. The number of unbranched alkanes of at least 4 members (excludes halogenated alkanes) is 1. The molecule has 0 bridgehead atoms. The van der Waals surface area contributed by atoms with Crippen molar-refractivity contribution in [3.8, 4) is 6.07 Å². The van der Waals surface area contributed by atoms with Crippen LogP contribution < -0.4 is 5.32 Å². The van der Waals surface area contributed by atoms with Gasteiger partial charge in [0.25, 0.3) is 0 Å². The maximum absolute atomic E-state index is 8.37. The molecule has 1 atom stereocenters. The third-order valence-corrected chi connectivity index (χ3v) is 3.04. The Labute approximate surface area is 81.3 Å². The van der Waals surface area contributed by atoms with Gasteiger partial charge < -0.3 is 5.32 Å². The van der Waals surface area contributed by atoms with Crippen molar-refractivity contribution >= 4 is 0 Å². The lowest BCUT2D eigenvalue weighted by atomic mass is 10.00. The smallest absolute Gasteiger partial charge is 0.0622 e. The zero-order valence-electron chi connectivity index (χ0n) is 8.55. The standard InChI is InChI=1S/C11H20N2/c1-10(11-6-2-3-7-11)13-9-5-4-8-12/h10-11,13H,2-7,9H2,1H3/t10-/m0/s1. The summed E-state index contributed by atoms with van der Waals surface area (Å²) in [6, 6.07) is 2.82. The second kappa shape index (κ2) is 5.99. The molecule has 0 aromatic heterocycles. The molecule has 1 fully saturated rings. The van der Waals surface area contributed by atoms with Gasteiger partial charge in [0.15, 0.2) is 0 Å². The minimum atomic E-state index is 0.654. The Balaban J connectivity index is 2.03. The van der Waals surface area contributed by atoms with E-state index in [0.717, 1.165) is 18.9 Å². The summed E-state index contributed by atoms with van der Waals surface area (Å²) in [4.78, 5) is 0. The Morgan fingerprint density at radius 2 is 2.15 bits per heavy atom. The van der Waals surface area contributed by atoms with Crippen LogP contribution in [0.1, 0.15) is 45.4 Å². The molecule has 1 N–H and O–H groups in total. The quantitative estimate of drug-likeness (QED) is 0.660. The molecule has 1 aliphatic carbocycles. The molecule has 0 amide bonds. The fourth-order valence-electron chi connectivity index (χ4n) is 2.12. The van der Waals surface area contributed by atoms with E-state index in [1.165, 1.54) is 25.7 Å². The second-order valence-corrected chi connectivity index (χ2v) is 4.05. The Morgan fingerprint density at radius 1 is 1.46 bits per heavy atom. The highest BCUT2D eigenvalue weighted by atomic mass is 14.9. The Morgan fingerprint density at radius 3 is 2.77 bits per heavy atom. The SMILES string of the molecule is C[C@H](NCCCC#N)C1CCCC1. The molecule has 1 aliphatic rings. The van der Waals surface area contributed by atoms with Crippen LogP contribution in [-0.4, -0.2) is 12.6 Å². The highest BCUT2D eigenvalue weighted by Crippen LogP contribution is 2.27. The Kier molecular flexibility index (Phi) is 4.85. The van der Waals surface area contributed by atoms with Crippen molar-refractivity contribution in [2.75, 3.05) is 6.54 Å². The molecular formula is C11H20N2. The van der Waals surface area contributed by atoms with Crippen LogP contribution in [0.5, 0.6) is 0 Å². The zero-order chi connectivity index (χ0) is 9.52. The van der Waals surface area contributed by atoms with E-state index in [1.807, 2.05) is 0 Å². The highest BCUT2D eigenvalue weighted by molar-refractivity contribution is 4.77. The van der Waals surface area contributed by atoms with Crippen molar-refractivity contribution in [1.29, 1.82) is 5.26 Å². The summed E-state index contributed by atoms with van der Waals surface area (Å²) >= 11 is 0. The molecule has 0 aromatic carbocycles. The predicted molar refractivity (Wildman–Crippen MR) is 54.3 cm³/mol. The summed E-state index contributed by atoms with van der Waals surface area (Å²) in [7, 11) is 0. The Hall–Kier alpha value is -0.550. The normalized spacial score (nSPS) is 20.0. The van der Waals surface area contributed by atoms with Gasteiger partial charge in [-0.1, -0.05) is 12.8 Å². The maximum atomic E-state index is 8.37. The van der Waals surface area contributed by atoms with Crippen molar-refractivity contribution in [2.45, 2.75) is 51.5 Å². The number of rotatable bonds is 5. The predicted octanol–water partition coefficient (Wildman–Crippen LogP) is 2.46. The molecule has 0 aliphatic heterocycles. The summed E-state index contributed by atoms with van der Waals surface area (Å²) in [5.74, 6) is 0.891. The van der Waals surface area contributed by atoms with Crippen LogP contribution >= 0.6 is 0 Å². The molecule has 0 radical (unpaired) electrons. The lowest BCUT2D eigenvalue weighted by Gasteiger charge is -2.19. The van der Waals surface area contributed by atoms with E-state index in [2.05, 4.69) is 18.3 Å². The first-order valence-electron chi connectivity index (χ1n) is 5.45. The lowest BCUT2D eigenvalue weighted by molar-refractivity contribution is 0.381. The van der Waals surface area contributed by atoms with Gasteiger partial charge in [0.05, 0.1) is 6.07 Å². The summed E-state index contributed by atoms with van der Waals surface area (Å²) < 4.78 is 0. The first-order chi connectivity index (χ1) is 6.34. The fourth-order valence-corrected chi connectivity index (χ4v) is 2.12. The van der Waals surface area contributed by atoms with Crippen LogP contribution in [0.15, 0.2) is 0 Å². The van der Waals surface area contributed by atoms with Crippen LogP contribution in [0.25, 0.3) is 0 Å². The van der Waals surface area contributed by atoms with E-state index in [0.29, 0.717) is 12.5 Å². The third kappa shape index (κ3) is 3.78. The van der Waals surface area contributed by atoms with Gasteiger partial charge in [-0.25, -0.2) is 0 Å². The summed E-state index contributed by atoms with van der Waals surface area (Å²) in [6.45, 7) is 3.29. The second-order valence-electron chi connectivity index (χ2n) is 4.05. The first-order valence-corrected chi connectivity index (χ1v) is 5.45. The molecule has 74 valence electrons. The molecule has 2 nitrogen and oxygen atoms in total. The third-order valence-electron chi connectivity index (χ3n) is 3.04. The van der Waals surface area contributed by atoms with E-state index < -0.39 is 0 Å². The molecule has 1 saturated carbocycles. The fraction of sp³-hybridized carbons (Fsp3) is 0.909. The van der Waals surface area contributed by atoms with E-state index in [-0.39, 0.29) is 0 Å². The van der Waals surface area contributed by atoms with Crippen molar-refractivity contribution < 1.29 is 0 Å². The van der Waals surface area contributed by atoms with Crippen LogP contribution in [0, 0.1) is 17.2 Å². The Bertz CT molecular complexity index is 165. The molecule has 2 heteroatoms. The number of hydrogen-bond donors (Lipinski definition) is 1. The van der Waals surface area contributed by atoms with Crippen molar-refractivity contribution in [1.82, 2.24) is 5.32 Å². The van der Waals surface area contributed by atoms with Crippen molar-refractivity contribution in [2.24, 2.45) is 5.92 Å². The molecule has 0 heterocycles. The maximum Gasteiger partial charge on any atom is 0.0622 e. The van der Waals surface area contributed by atoms with E-state index >= 15 is 0 Å². The van der Waals surface area contributed by atoms with Gasteiger partial charge in [-0.05, 0) is 38.6 Å². The van der Waals surface area contributed by atoms with Gasteiger partial charge in [0, 0.05) is 12.5 Å². The number of hydrogen-bond acceptors (Lipinski definition) is 2. The zero-order valence-corrected chi connectivity index (χ0v) is 8.55. The average Bonchev–Trinajstić information content (AvgIpc) is 2.65. The van der Waals surface area contributed by atoms with Gasteiger partial charge in [-0.15, -0.1) is 0 Å². The van der Waals surface area contributed by atoms with Crippen molar-refractivity contribution in [3.05, 3.63) is 0 Å². The van der Waals surface area contributed by atoms with E-state index in [9.17, 15) is 0 Å². The molecule has 0 aromatic rings. The summed E-state index contributed by atoms with van der Waals surface area (Å²) in [5, 5.41) is 11.9. The number of nitriles is 1. The molecule has 13 heavy (non-hydrogen) atoms. The van der Waals surface area contributed by atoms with Gasteiger partial charge in [0.1, 0.15) is 0 Å². The van der Waals surface area contributed by atoms with Gasteiger partial charge in [0.2, 0.25) is 0 Å². The topological polar surface area (TPSA) is 35.8 Å². The minimum absolute atomic E-state index is 0.654. The molecule has 0 unspecified atom stereocenters. The average molecular weight is 180 g/mol. The van der Waals surface area contributed by atoms with Crippen LogP contribution in [0.2, 0.25) is 0 Å². The molecule has 0 saturated heterocycles. The van der Waals surface area contributed by atoms with Gasteiger partial charge in [-0.3, -0.25) is 0 Å². The van der Waals surface area contributed by atoms with Crippen LogP contribution in [0.3, 0.4) is 0 Å².